The van der Waals surface area contributed by atoms with E-state index in [1.807, 2.05) is 7.05 Å². The van der Waals surface area contributed by atoms with Gasteiger partial charge in [-0.05, 0) is 45.8 Å². The molecule has 1 saturated heterocycles. The summed E-state index contributed by atoms with van der Waals surface area (Å²) in [5.74, 6) is 0.0887. The lowest BCUT2D eigenvalue weighted by Gasteiger charge is -2.32. The van der Waals surface area contributed by atoms with Gasteiger partial charge in [0.25, 0.3) is 0 Å². The number of halogens is 2. The van der Waals surface area contributed by atoms with Crippen molar-refractivity contribution in [2.24, 2.45) is 5.41 Å². The zero-order valence-corrected chi connectivity index (χ0v) is 15.1. The minimum Gasteiger partial charge on any atom is -0.396 e. The molecule has 1 aliphatic carbocycles. The van der Waals surface area contributed by atoms with Gasteiger partial charge in [-0.15, -0.1) is 24.8 Å². The molecular weight excluding hydrogens is 325 g/mol. The molecule has 1 saturated carbocycles. The summed E-state index contributed by atoms with van der Waals surface area (Å²) in [4.78, 5) is 14.2. The molecule has 22 heavy (non-hydrogen) atoms. The lowest BCUT2D eigenvalue weighted by Crippen LogP contribution is -2.47. The molecule has 0 aromatic carbocycles. The molecule has 3 N–H and O–H groups in total. The van der Waals surface area contributed by atoms with Crippen LogP contribution >= 0.6 is 24.8 Å². The average Bonchev–Trinajstić information content (AvgIpc) is 2.95. The van der Waals surface area contributed by atoms with Crippen molar-refractivity contribution in [2.75, 3.05) is 39.8 Å². The van der Waals surface area contributed by atoms with Crippen molar-refractivity contribution in [2.45, 2.75) is 44.6 Å². The van der Waals surface area contributed by atoms with Gasteiger partial charge in [-0.2, -0.15) is 0 Å². The molecule has 1 aliphatic heterocycles. The molecule has 0 aromatic heterocycles. The summed E-state index contributed by atoms with van der Waals surface area (Å²) in [7, 11) is 2.03. The molecule has 0 unspecified atom stereocenters. The highest BCUT2D eigenvalue weighted by molar-refractivity contribution is 5.85. The number of rotatable bonds is 6. The second kappa shape index (κ2) is 10.7. The van der Waals surface area contributed by atoms with E-state index in [0.717, 1.165) is 38.8 Å². The fourth-order valence-electron chi connectivity index (χ4n) is 3.46. The van der Waals surface area contributed by atoms with E-state index < -0.39 is 0 Å². The first kappa shape index (κ1) is 21.9. The molecule has 1 heterocycles. The Morgan fingerprint density at radius 2 is 1.86 bits per heavy atom. The topological polar surface area (TPSA) is 64.6 Å². The highest BCUT2D eigenvalue weighted by Gasteiger charge is 2.33. The first-order valence-corrected chi connectivity index (χ1v) is 7.94. The van der Waals surface area contributed by atoms with Crippen LogP contribution in [-0.2, 0) is 4.79 Å². The van der Waals surface area contributed by atoms with Crippen LogP contribution in [-0.4, -0.2) is 61.8 Å². The van der Waals surface area contributed by atoms with E-state index in [9.17, 15) is 9.90 Å². The Morgan fingerprint density at radius 1 is 1.27 bits per heavy atom. The second-order valence-corrected chi connectivity index (χ2v) is 6.54. The number of hydrogen-bond acceptors (Lipinski definition) is 4. The summed E-state index contributed by atoms with van der Waals surface area (Å²) >= 11 is 0. The summed E-state index contributed by atoms with van der Waals surface area (Å²) in [6.07, 6.45) is 6.65. The summed E-state index contributed by atoms with van der Waals surface area (Å²) < 4.78 is 0. The van der Waals surface area contributed by atoms with E-state index in [1.165, 1.54) is 12.8 Å². The molecule has 0 bridgehead atoms. The Kier molecular flexibility index (Phi) is 10.6. The van der Waals surface area contributed by atoms with Crippen molar-refractivity contribution in [1.29, 1.82) is 0 Å². The van der Waals surface area contributed by atoms with Crippen LogP contribution in [0.25, 0.3) is 0 Å². The number of likely N-dealkylation sites (N-methyl/N-ethyl adjacent to an activating group) is 1. The molecule has 0 aromatic rings. The number of aliphatic hydroxyl groups is 1. The maximum absolute atomic E-state index is 12.1. The van der Waals surface area contributed by atoms with E-state index in [4.69, 9.17) is 0 Å². The average molecular weight is 356 g/mol. The highest BCUT2D eigenvalue weighted by Crippen LogP contribution is 2.36. The molecule has 2 fully saturated rings. The molecule has 2 aliphatic rings. The van der Waals surface area contributed by atoms with E-state index in [2.05, 4.69) is 15.5 Å². The number of carbonyl (C=O) groups is 1. The molecule has 2 rings (SSSR count). The Hall–Kier alpha value is -0.0700. The van der Waals surface area contributed by atoms with Crippen molar-refractivity contribution in [1.82, 2.24) is 15.5 Å². The third-order valence-corrected chi connectivity index (χ3v) is 4.99. The SMILES string of the molecule is CN(CC(=O)NCC1(CO)CCCC1)C1CCNCC1.Cl.Cl. The van der Waals surface area contributed by atoms with Crippen LogP contribution in [0, 0.1) is 5.41 Å². The van der Waals surface area contributed by atoms with Crippen LogP contribution in [0.5, 0.6) is 0 Å². The van der Waals surface area contributed by atoms with Crippen molar-refractivity contribution in [3.05, 3.63) is 0 Å². The smallest absolute Gasteiger partial charge is 0.234 e. The number of amides is 1. The fraction of sp³-hybridized carbons (Fsp3) is 0.933. The van der Waals surface area contributed by atoms with Crippen molar-refractivity contribution < 1.29 is 9.90 Å². The van der Waals surface area contributed by atoms with E-state index in [0.29, 0.717) is 19.1 Å². The van der Waals surface area contributed by atoms with Crippen LogP contribution in [0.1, 0.15) is 38.5 Å². The zero-order valence-electron chi connectivity index (χ0n) is 13.5. The van der Waals surface area contributed by atoms with Gasteiger partial charge in [0, 0.05) is 18.0 Å². The number of nitrogens with zero attached hydrogens (tertiary/aromatic N) is 1. The minimum absolute atomic E-state index is 0. The quantitative estimate of drug-likeness (QED) is 0.669. The Labute approximate surface area is 146 Å². The summed E-state index contributed by atoms with van der Waals surface area (Å²) in [5, 5.41) is 15.9. The third kappa shape index (κ3) is 6.20. The predicted octanol–water partition coefficient (Wildman–Crippen LogP) is 1.18. The number of piperidine rings is 1. The fourth-order valence-corrected chi connectivity index (χ4v) is 3.46. The van der Waals surface area contributed by atoms with Gasteiger partial charge in [0.2, 0.25) is 5.91 Å². The first-order chi connectivity index (χ1) is 9.65. The molecular formula is C15H31Cl2N3O2. The van der Waals surface area contributed by atoms with Gasteiger partial charge in [0.1, 0.15) is 0 Å². The molecule has 0 radical (unpaired) electrons. The molecule has 7 heteroatoms. The second-order valence-electron chi connectivity index (χ2n) is 6.54. The molecule has 0 spiro atoms. The van der Waals surface area contributed by atoms with E-state index in [1.54, 1.807) is 0 Å². The summed E-state index contributed by atoms with van der Waals surface area (Å²) in [6.45, 7) is 3.38. The summed E-state index contributed by atoms with van der Waals surface area (Å²) in [6, 6.07) is 0.514. The summed E-state index contributed by atoms with van der Waals surface area (Å²) in [5.41, 5.74) is -0.0526. The first-order valence-electron chi connectivity index (χ1n) is 7.94. The van der Waals surface area contributed by atoms with Crippen LogP contribution in [0.3, 0.4) is 0 Å². The number of hydrogen-bond donors (Lipinski definition) is 3. The monoisotopic (exact) mass is 355 g/mol. The van der Waals surface area contributed by atoms with Gasteiger partial charge >= 0.3 is 0 Å². The van der Waals surface area contributed by atoms with Crippen LogP contribution in [0.15, 0.2) is 0 Å². The van der Waals surface area contributed by atoms with Gasteiger partial charge in [0.15, 0.2) is 0 Å². The van der Waals surface area contributed by atoms with Gasteiger partial charge < -0.3 is 15.7 Å². The maximum atomic E-state index is 12.1. The molecule has 1 amide bonds. The van der Waals surface area contributed by atoms with E-state index in [-0.39, 0.29) is 42.7 Å². The van der Waals surface area contributed by atoms with Crippen molar-refractivity contribution >= 4 is 30.7 Å². The normalized spacial score (nSPS) is 21.0. The number of aliphatic hydroxyl groups excluding tert-OH is 1. The predicted molar refractivity (Wildman–Crippen MR) is 94.0 cm³/mol. The number of carbonyl (C=O) groups excluding carboxylic acids is 1. The lowest BCUT2D eigenvalue weighted by atomic mass is 9.87. The van der Waals surface area contributed by atoms with Crippen LogP contribution in [0.4, 0.5) is 0 Å². The van der Waals surface area contributed by atoms with Crippen molar-refractivity contribution in [3.8, 4) is 0 Å². The molecule has 5 nitrogen and oxygen atoms in total. The zero-order chi connectivity index (χ0) is 14.4. The molecule has 0 atom stereocenters. The Balaban J connectivity index is 0.00000220. The van der Waals surface area contributed by atoms with E-state index >= 15 is 0 Å². The highest BCUT2D eigenvalue weighted by atomic mass is 35.5. The lowest BCUT2D eigenvalue weighted by molar-refractivity contribution is -0.123. The standard InChI is InChI=1S/C15H29N3O2.2ClH/c1-18(13-4-8-16-9-5-13)10-14(20)17-11-15(12-19)6-2-3-7-15;;/h13,16,19H,2-12H2,1H3,(H,17,20);2*1H. The van der Waals surface area contributed by atoms with Gasteiger partial charge in [0.05, 0.1) is 13.2 Å². The Bertz CT molecular complexity index is 320. The van der Waals surface area contributed by atoms with Gasteiger partial charge in [-0.1, -0.05) is 12.8 Å². The number of nitrogens with one attached hydrogen (secondary N) is 2. The third-order valence-electron chi connectivity index (χ3n) is 4.99. The van der Waals surface area contributed by atoms with Crippen molar-refractivity contribution in [3.63, 3.8) is 0 Å². The van der Waals surface area contributed by atoms with Crippen LogP contribution in [0.2, 0.25) is 0 Å². The Morgan fingerprint density at radius 3 is 2.41 bits per heavy atom. The molecule has 132 valence electrons. The van der Waals surface area contributed by atoms with Gasteiger partial charge in [-0.3, -0.25) is 9.69 Å². The van der Waals surface area contributed by atoms with Crippen LogP contribution < -0.4 is 10.6 Å². The largest absolute Gasteiger partial charge is 0.396 e. The minimum atomic E-state index is -0.0526. The maximum Gasteiger partial charge on any atom is 0.234 e. The van der Waals surface area contributed by atoms with Gasteiger partial charge in [-0.25, -0.2) is 0 Å².